The normalized spacial score (nSPS) is 10.8. The largest absolute Gasteiger partial charge is 0.497 e. The third kappa shape index (κ3) is 3.14. The predicted molar refractivity (Wildman–Crippen MR) is 65.9 cm³/mol. The van der Waals surface area contributed by atoms with Gasteiger partial charge in [-0.05, 0) is 6.07 Å². The monoisotopic (exact) mass is 264 g/mol. The van der Waals surface area contributed by atoms with E-state index in [1.807, 2.05) is 6.07 Å². The second kappa shape index (κ2) is 6.79. The van der Waals surface area contributed by atoms with Crippen molar-refractivity contribution >= 4 is 24.5 Å². The Morgan fingerprint density at radius 1 is 1.19 bits per heavy atom. The molecule has 4 nitrogen and oxygen atoms in total. The number of halogens is 1. The average Bonchev–Trinajstić information content (AvgIpc) is 2.35. The molecule has 0 spiro atoms. The molecule has 0 radical (unpaired) electrons. The summed E-state index contributed by atoms with van der Waals surface area (Å²) in [5.74, 6) is 1.86. The van der Waals surface area contributed by atoms with Gasteiger partial charge in [0.05, 0.1) is 14.2 Å². The van der Waals surface area contributed by atoms with Gasteiger partial charge in [0, 0.05) is 26.4 Å². The van der Waals surface area contributed by atoms with Gasteiger partial charge < -0.3 is 18.9 Å². The molecule has 90 valence electrons. The van der Waals surface area contributed by atoms with E-state index >= 15 is 0 Å². The molecule has 1 unspecified atom stereocenters. The summed E-state index contributed by atoms with van der Waals surface area (Å²) in [6.45, 7) is 0.150. The highest BCUT2D eigenvalue weighted by Crippen LogP contribution is 2.35. The van der Waals surface area contributed by atoms with Crippen LogP contribution in [0.25, 0.3) is 0 Å². The van der Waals surface area contributed by atoms with Crippen molar-refractivity contribution in [1.29, 1.82) is 0 Å². The molecule has 0 heterocycles. The number of rotatable bonds is 6. The average molecular weight is 265 g/mol. The Hall–Kier alpha value is -0.700. The molecule has 0 fully saturated rings. The number of hydrogen-bond donors (Lipinski definition) is 0. The first kappa shape index (κ1) is 13.4. The minimum Gasteiger partial charge on any atom is -0.497 e. The zero-order valence-corrected chi connectivity index (χ0v) is 11.1. The van der Waals surface area contributed by atoms with E-state index in [9.17, 15) is 0 Å². The summed E-state index contributed by atoms with van der Waals surface area (Å²) in [6, 6.07) is 3.56. The van der Waals surface area contributed by atoms with E-state index < -0.39 is 0 Å². The molecule has 1 rings (SSSR count). The quantitative estimate of drug-likeness (QED) is 0.583. The molecule has 0 aliphatic heterocycles. The van der Waals surface area contributed by atoms with Crippen LogP contribution in [0.2, 0.25) is 0 Å². The molecule has 1 aromatic rings. The van der Waals surface area contributed by atoms with Crippen LogP contribution in [0.3, 0.4) is 0 Å². The van der Waals surface area contributed by atoms with Crippen LogP contribution in [0.5, 0.6) is 17.2 Å². The Bertz CT molecular complexity index is 321. The van der Waals surface area contributed by atoms with Crippen LogP contribution in [0.15, 0.2) is 12.1 Å². The minimum atomic E-state index is 0.0706. The van der Waals surface area contributed by atoms with Gasteiger partial charge in [0.15, 0.2) is 18.3 Å². The van der Waals surface area contributed by atoms with Crippen LogP contribution in [-0.2, 0) is 4.74 Å². The molecule has 0 aliphatic carbocycles. The summed E-state index contributed by atoms with van der Waals surface area (Å²) in [5.41, 5.74) is 0. The maximum atomic E-state index is 5.86. The first-order valence-electron chi connectivity index (χ1n) is 4.51. The van der Waals surface area contributed by atoms with Gasteiger partial charge >= 0.3 is 0 Å². The maximum absolute atomic E-state index is 5.86. The van der Waals surface area contributed by atoms with Crippen molar-refractivity contribution in [3.63, 3.8) is 0 Å². The minimum absolute atomic E-state index is 0.0706. The van der Waals surface area contributed by atoms with Gasteiger partial charge in [0.1, 0.15) is 5.75 Å². The van der Waals surface area contributed by atoms with Crippen molar-refractivity contribution in [2.45, 2.75) is 0 Å². The van der Waals surface area contributed by atoms with E-state index in [1.165, 1.54) is 0 Å². The van der Waals surface area contributed by atoms with Crippen molar-refractivity contribution in [1.82, 2.24) is 0 Å². The fourth-order valence-corrected chi connectivity index (χ4v) is 2.08. The summed E-state index contributed by atoms with van der Waals surface area (Å²) < 4.78 is 20.6. The third-order valence-corrected chi connectivity index (χ3v) is 3.09. The van der Waals surface area contributed by atoms with Gasteiger partial charge in [-0.2, -0.15) is 0 Å². The molecule has 1 atom stereocenters. The van der Waals surface area contributed by atoms with Crippen molar-refractivity contribution in [3.8, 4) is 17.2 Å². The Kier molecular flexibility index (Phi) is 5.67. The van der Waals surface area contributed by atoms with Gasteiger partial charge in [0.25, 0.3) is 0 Å². The Labute approximate surface area is 101 Å². The van der Waals surface area contributed by atoms with Crippen LogP contribution in [-0.4, -0.2) is 28.1 Å². The van der Waals surface area contributed by atoms with Gasteiger partial charge in [0.2, 0.25) is 0 Å². The second-order valence-electron chi connectivity index (χ2n) is 2.85. The van der Waals surface area contributed by atoms with Gasteiger partial charge in [-0.3, -0.25) is 0 Å². The highest BCUT2D eigenvalue weighted by Gasteiger charge is 2.13. The molecule has 6 heteroatoms. The van der Waals surface area contributed by atoms with E-state index in [2.05, 4.69) is 0 Å². The number of benzene rings is 1. The zero-order chi connectivity index (χ0) is 12.0. The lowest BCUT2D eigenvalue weighted by atomic mass is 10.3. The standard InChI is InChI=1S/C10H14ClO4P/c1-12-6-15-10-8(14-3)4-7(13-2)5-9(10)16-11/h4-5,16H,6H2,1-3H3. The van der Waals surface area contributed by atoms with Crippen LogP contribution in [0.4, 0.5) is 0 Å². The van der Waals surface area contributed by atoms with Crippen LogP contribution >= 0.6 is 19.2 Å². The predicted octanol–water partition coefficient (Wildman–Crippen LogP) is 2.14. The molecule has 0 amide bonds. The Morgan fingerprint density at radius 2 is 1.94 bits per heavy atom. The smallest absolute Gasteiger partial charge is 0.188 e. The molecular formula is C10H14ClO4P. The van der Waals surface area contributed by atoms with E-state index in [-0.39, 0.29) is 14.7 Å². The van der Waals surface area contributed by atoms with Crippen LogP contribution in [0, 0.1) is 0 Å². The molecular weight excluding hydrogens is 251 g/mol. The van der Waals surface area contributed by atoms with Crippen molar-refractivity contribution < 1.29 is 18.9 Å². The highest BCUT2D eigenvalue weighted by atomic mass is 35.7. The summed E-state index contributed by atoms with van der Waals surface area (Å²) in [6.07, 6.45) is 0. The zero-order valence-electron chi connectivity index (χ0n) is 9.37. The molecule has 0 saturated carbocycles. The Morgan fingerprint density at radius 3 is 2.44 bits per heavy atom. The number of hydrogen-bond acceptors (Lipinski definition) is 4. The first-order valence-corrected chi connectivity index (χ1v) is 6.52. The maximum Gasteiger partial charge on any atom is 0.188 e. The van der Waals surface area contributed by atoms with E-state index in [0.717, 1.165) is 5.30 Å². The van der Waals surface area contributed by atoms with Crippen molar-refractivity contribution in [3.05, 3.63) is 12.1 Å². The van der Waals surface area contributed by atoms with Crippen LogP contribution in [0.1, 0.15) is 0 Å². The summed E-state index contributed by atoms with van der Waals surface area (Å²) in [4.78, 5) is 0. The summed E-state index contributed by atoms with van der Waals surface area (Å²) >= 11 is 5.86. The van der Waals surface area contributed by atoms with E-state index in [0.29, 0.717) is 17.2 Å². The van der Waals surface area contributed by atoms with Crippen molar-refractivity contribution in [2.24, 2.45) is 0 Å². The highest BCUT2D eigenvalue weighted by molar-refractivity contribution is 7.75. The fraction of sp³-hybridized carbons (Fsp3) is 0.400. The lowest BCUT2D eigenvalue weighted by molar-refractivity contribution is 0.0499. The SMILES string of the molecule is COCOc1c(OC)cc(OC)cc1PCl. The lowest BCUT2D eigenvalue weighted by Gasteiger charge is -2.14. The second-order valence-corrected chi connectivity index (χ2v) is 4.15. The van der Waals surface area contributed by atoms with E-state index in [1.54, 1.807) is 27.4 Å². The molecule has 0 aromatic heterocycles. The fourth-order valence-electron chi connectivity index (χ4n) is 1.18. The molecule has 1 aromatic carbocycles. The molecule has 0 N–H and O–H groups in total. The number of methoxy groups -OCH3 is 3. The van der Waals surface area contributed by atoms with Gasteiger partial charge in [-0.25, -0.2) is 0 Å². The molecule has 16 heavy (non-hydrogen) atoms. The Balaban J connectivity index is 3.09. The van der Waals surface area contributed by atoms with Crippen LogP contribution < -0.4 is 19.5 Å². The topological polar surface area (TPSA) is 36.9 Å². The first-order chi connectivity index (χ1) is 7.76. The van der Waals surface area contributed by atoms with Crippen molar-refractivity contribution in [2.75, 3.05) is 28.1 Å². The molecule has 0 aliphatic rings. The lowest BCUT2D eigenvalue weighted by Crippen LogP contribution is -2.09. The van der Waals surface area contributed by atoms with E-state index in [4.69, 9.17) is 30.2 Å². The number of ether oxygens (including phenoxy) is 4. The summed E-state index contributed by atoms with van der Waals surface area (Å²) in [5, 5.41) is 0.829. The van der Waals surface area contributed by atoms with Gasteiger partial charge in [-0.1, -0.05) is 11.2 Å². The third-order valence-electron chi connectivity index (χ3n) is 1.91. The summed E-state index contributed by atoms with van der Waals surface area (Å²) in [7, 11) is 4.78. The molecule has 0 bridgehead atoms. The molecule has 0 saturated heterocycles. The van der Waals surface area contributed by atoms with Gasteiger partial charge in [-0.15, -0.1) is 0 Å².